The average Bonchev–Trinajstić information content (AvgIpc) is 3.05. The van der Waals surface area contributed by atoms with Crippen LogP contribution in [0.5, 0.6) is 0 Å². The van der Waals surface area contributed by atoms with Gasteiger partial charge in [0, 0.05) is 29.8 Å². The first kappa shape index (κ1) is 18.1. The van der Waals surface area contributed by atoms with Crippen molar-refractivity contribution in [1.82, 2.24) is 10.3 Å². The van der Waals surface area contributed by atoms with Crippen molar-refractivity contribution in [2.24, 2.45) is 5.73 Å². The molecule has 2 amide bonds. The molecule has 0 unspecified atom stereocenters. The van der Waals surface area contributed by atoms with Crippen LogP contribution in [0.2, 0.25) is 0 Å². The summed E-state index contributed by atoms with van der Waals surface area (Å²) in [6.07, 6.45) is 1.89. The van der Waals surface area contributed by atoms with Crippen LogP contribution in [0.25, 0.3) is 10.9 Å². The Bertz CT molecular complexity index is 908. The van der Waals surface area contributed by atoms with E-state index in [-0.39, 0.29) is 11.2 Å². The number of aromatic amines is 1. The number of para-hydroxylation sites is 1. The summed E-state index contributed by atoms with van der Waals surface area (Å²) in [4.78, 5) is 27.0. The van der Waals surface area contributed by atoms with Crippen LogP contribution in [-0.2, 0) is 15.3 Å². The van der Waals surface area contributed by atoms with Gasteiger partial charge in [-0.25, -0.2) is 0 Å². The molecule has 5 nitrogen and oxygen atoms in total. The molecule has 26 heavy (non-hydrogen) atoms. The predicted octanol–water partition coefficient (Wildman–Crippen LogP) is 3.13. The fourth-order valence-electron chi connectivity index (χ4n) is 2.97. The van der Waals surface area contributed by atoms with E-state index in [0.29, 0.717) is 5.75 Å². The molecular formula is C20H21N3O2S. The molecule has 2 atom stereocenters. The molecule has 0 radical (unpaired) electrons. The highest BCUT2D eigenvalue weighted by atomic mass is 32.2. The van der Waals surface area contributed by atoms with Crippen molar-refractivity contribution in [2.45, 2.75) is 24.0 Å². The third kappa shape index (κ3) is 4.08. The molecule has 3 rings (SSSR count). The van der Waals surface area contributed by atoms with Gasteiger partial charge in [0.05, 0.1) is 5.25 Å². The number of amides is 2. The van der Waals surface area contributed by atoms with E-state index in [9.17, 15) is 9.59 Å². The van der Waals surface area contributed by atoms with Crippen molar-refractivity contribution in [3.8, 4) is 0 Å². The quantitative estimate of drug-likeness (QED) is 0.599. The van der Waals surface area contributed by atoms with Gasteiger partial charge in [0.15, 0.2) is 0 Å². The van der Waals surface area contributed by atoms with Crippen LogP contribution < -0.4 is 11.1 Å². The van der Waals surface area contributed by atoms with Crippen LogP contribution in [0, 0.1) is 0 Å². The summed E-state index contributed by atoms with van der Waals surface area (Å²) in [5.41, 5.74) is 8.72. The first-order valence-electron chi connectivity index (χ1n) is 8.34. The number of benzene rings is 2. The fraction of sp³-hybridized carbons (Fsp3) is 0.200. The van der Waals surface area contributed by atoms with Crippen LogP contribution >= 0.6 is 11.8 Å². The molecular weight excluding hydrogens is 346 g/mol. The van der Waals surface area contributed by atoms with Gasteiger partial charge in [0.1, 0.15) is 6.04 Å². The smallest absolute Gasteiger partial charge is 0.241 e. The second kappa shape index (κ2) is 8.10. The van der Waals surface area contributed by atoms with Crippen molar-refractivity contribution >= 4 is 34.5 Å². The number of nitrogens with one attached hydrogen (secondary N) is 2. The maximum Gasteiger partial charge on any atom is 0.241 e. The van der Waals surface area contributed by atoms with Crippen LogP contribution in [0.3, 0.4) is 0 Å². The Morgan fingerprint density at radius 3 is 2.50 bits per heavy atom. The van der Waals surface area contributed by atoms with Gasteiger partial charge >= 0.3 is 0 Å². The molecule has 6 heteroatoms. The number of carbonyl (C=O) groups is 2. The number of aromatic nitrogens is 1. The molecule has 0 saturated carbocycles. The third-order valence-electron chi connectivity index (χ3n) is 4.17. The van der Waals surface area contributed by atoms with E-state index in [1.54, 1.807) is 11.8 Å². The van der Waals surface area contributed by atoms with E-state index >= 15 is 0 Å². The number of hydrogen-bond donors (Lipinski definition) is 3. The monoisotopic (exact) mass is 367 g/mol. The molecule has 4 N–H and O–H groups in total. The molecule has 0 saturated heterocycles. The largest absolute Gasteiger partial charge is 0.368 e. The van der Waals surface area contributed by atoms with E-state index < -0.39 is 11.9 Å². The summed E-state index contributed by atoms with van der Waals surface area (Å²) in [7, 11) is 0. The van der Waals surface area contributed by atoms with Gasteiger partial charge < -0.3 is 16.0 Å². The van der Waals surface area contributed by atoms with Crippen molar-refractivity contribution in [3.63, 3.8) is 0 Å². The van der Waals surface area contributed by atoms with Crippen molar-refractivity contribution in [2.75, 3.05) is 0 Å². The molecule has 134 valence electrons. The topological polar surface area (TPSA) is 88.0 Å². The number of rotatable bonds is 7. The predicted molar refractivity (Wildman–Crippen MR) is 106 cm³/mol. The van der Waals surface area contributed by atoms with Crippen molar-refractivity contribution in [3.05, 3.63) is 71.9 Å². The lowest BCUT2D eigenvalue weighted by Crippen LogP contribution is -2.46. The SMILES string of the molecule is CC(=O)N[C@@H](C(N)=O)[C@H](SCc1ccccc1)c1c[nH]c2ccccc12. The molecule has 0 spiro atoms. The van der Waals surface area contributed by atoms with E-state index in [2.05, 4.69) is 10.3 Å². The minimum Gasteiger partial charge on any atom is -0.368 e. The molecule has 0 fully saturated rings. The van der Waals surface area contributed by atoms with Crippen LogP contribution in [0.1, 0.15) is 23.3 Å². The van der Waals surface area contributed by atoms with Crippen molar-refractivity contribution in [1.29, 1.82) is 0 Å². The van der Waals surface area contributed by atoms with Gasteiger partial charge in [0.2, 0.25) is 11.8 Å². The van der Waals surface area contributed by atoms with Gasteiger partial charge in [-0.05, 0) is 17.2 Å². The summed E-state index contributed by atoms with van der Waals surface area (Å²) in [6, 6.07) is 17.1. The molecule has 0 bridgehead atoms. The number of primary amides is 1. The van der Waals surface area contributed by atoms with Crippen molar-refractivity contribution < 1.29 is 9.59 Å². The van der Waals surface area contributed by atoms with E-state index in [1.165, 1.54) is 6.92 Å². The highest BCUT2D eigenvalue weighted by Crippen LogP contribution is 2.38. The second-order valence-corrected chi connectivity index (χ2v) is 7.22. The van der Waals surface area contributed by atoms with Gasteiger partial charge in [0.25, 0.3) is 0 Å². The number of H-pyrrole nitrogens is 1. The number of hydrogen-bond acceptors (Lipinski definition) is 3. The number of thioether (sulfide) groups is 1. The molecule has 1 aromatic heterocycles. The lowest BCUT2D eigenvalue weighted by molar-refractivity contribution is -0.126. The van der Waals surface area contributed by atoms with Crippen LogP contribution in [0.15, 0.2) is 60.8 Å². The molecule has 1 heterocycles. The summed E-state index contributed by atoms with van der Waals surface area (Å²) in [5.74, 6) is -0.121. The minimum atomic E-state index is -0.791. The van der Waals surface area contributed by atoms with Gasteiger partial charge in [-0.1, -0.05) is 48.5 Å². The fourth-order valence-corrected chi connectivity index (χ4v) is 4.30. The summed E-state index contributed by atoms with van der Waals surface area (Å²) in [5, 5.41) is 3.44. The Balaban J connectivity index is 1.97. The Hall–Kier alpha value is -2.73. The second-order valence-electron chi connectivity index (χ2n) is 6.09. The maximum atomic E-state index is 12.1. The normalized spacial score (nSPS) is 13.3. The Labute approximate surface area is 156 Å². The zero-order chi connectivity index (χ0) is 18.5. The summed E-state index contributed by atoms with van der Waals surface area (Å²) >= 11 is 1.59. The Morgan fingerprint density at radius 1 is 1.12 bits per heavy atom. The third-order valence-corrected chi connectivity index (χ3v) is 5.55. The van der Waals surface area contributed by atoms with E-state index in [1.807, 2.05) is 60.8 Å². The van der Waals surface area contributed by atoms with Gasteiger partial charge in [-0.15, -0.1) is 11.8 Å². The van der Waals surface area contributed by atoms with Crippen LogP contribution in [0.4, 0.5) is 0 Å². The Morgan fingerprint density at radius 2 is 1.81 bits per heavy atom. The molecule has 0 aliphatic carbocycles. The zero-order valence-electron chi connectivity index (χ0n) is 14.4. The first-order chi connectivity index (χ1) is 12.6. The van der Waals surface area contributed by atoms with E-state index in [0.717, 1.165) is 22.0 Å². The molecule has 0 aliphatic heterocycles. The van der Waals surface area contributed by atoms with Gasteiger partial charge in [-0.3, -0.25) is 9.59 Å². The van der Waals surface area contributed by atoms with Gasteiger partial charge in [-0.2, -0.15) is 0 Å². The lowest BCUT2D eigenvalue weighted by atomic mass is 10.0. The lowest BCUT2D eigenvalue weighted by Gasteiger charge is -2.25. The minimum absolute atomic E-state index is 0.279. The van der Waals surface area contributed by atoms with Crippen LogP contribution in [-0.4, -0.2) is 22.8 Å². The number of nitrogens with two attached hydrogens (primary N) is 1. The zero-order valence-corrected chi connectivity index (χ0v) is 15.3. The summed E-state index contributed by atoms with van der Waals surface area (Å²) in [6.45, 7) is 1.39. The number of carbonyl (C=O) groups excluding carboxylic acids is 2. The highest BCUT2D eigenvalue weighted by molar-refractivity contribution is 7.98. The molecule has 3 aromatic rings. The highest BCUT2D eigenvalue weighted by Gasteiger charge is 2.31. The molecule has 2 aromatic carbocycles. The first-order valence-corrected chi connectivity index (χ1v) is 9.39. The number of fused-ring (bicyclic) bond motifs is 1. The standard InChI is InChI=1S/C20H21N3O2S/c1-13(24)23-18(20(21)25)19(26-12-14-7-3-2-4-8-14)16-11-22-17-10-6-5-9-15(16)17/h2-11,18-19,22H,12H2,1H3,(H2,21,25)(H,23,24)/t18-,19-/m1/s1. The maximum absolute atomic E-state index is 12.1. The van der Waals surface area contributed by atoms with E-state index in [4.69, 9.17) is 5.73 Å². The Kier molecular flexibility index (Phi) is 5.63. The molecule has 0 aliphatic rings. The average molecular weight is 367 g/mol. The summed E-state index contributed by atoms with van der Waals surface area (Å²) < 4.78 is 0.